The molecule has 3 aromatic rings. The molecule has 1 N–H and O–H groups in total. The molecule has 4 rings (SSSR count). The SMILES string of the molecule is CCn1c(=O)c2[nH]c(/C=C/c3ccc4c(c3)COC4)nc2n(CC)c1=O. The van der Waals surface area contributed by atoms with Crippen molar-refractivity contribution < 1.29 is 4.74 Å². The van der Waals surface area contributed by atoms with E-state index in [0.29, 0.717) is 43.3 Å². The highest BCUT2D eigenvalue weighted by Crippen LogP contribution is 2.21. The Kier molecular flexibility index (Phi) is 4.08. The quantitative estimate of drug-likeness (QED) is 0.780. The Labute approximate surface area is 149 Å². The van der Waals surface area contributed by atoms with Crippen LogP contribution < -0.4 is 11.2 Å². The van der Waals surface area contributed by atoms with Crippen molar-refractivity contribution >= 4 is 23.3 Å². The van der Waals surface area contributed by atoms with E-state index in [1.807, 2.05) is 25.1 Å². The smallest absolute Gasteiger partial charge is 0.332 e. The summed E-state index contributed by atoms with van der Waals surface area (Å²) in [6, 6.07) is 6.18. The van der Waals surface area contributed by atoms with Crippen LogP contribution in [0.15, 0.2) is 27.8 Å². The summed E-state index contributed by atoms with van der Waals surface area (Å²) in [6.07, 6.45) is 3.75. The van der Waals surface area contributed by atoms with Crippen molar-refractivity contribution in [3.8, 4) is 0 Å². The molecule has 134 valence electrons. The first-order valence-corrected chi connectivity index (χ1v) is 8.73. The summed E-state index contributed by atoms with van der Waals surface area (Å²) in [5.74, 6) is 0.546. The Morgan fingerprint density at radius 3 is 2.65 bits per heavy atom. The first kappa shape index (κ1) is 16.5. The number of hydrogen-bond donors (Lipinski definition) is 1. The van der Waals surface area contributed by atoms with Gasteiger partial charge in [-0.3, -0.25) is 13.9 Å². The van der Waals surface area contributed by atoms with Crippen molar-refractivity contribution in [1.29, 1.82) is 0 Å². The van der Waals surface area contributed by atoms with Crippen molar-refractivity contribution in [3.63, 3.8) is 0 Å². The van der Waals surface area contributed by atoms with E-state index in [-0.39, 0.29) is 11.2 Å². The summed E-state index contributed by atoms with van der Waals surface area (Å²) in [5, 5.41) is 0. The van der Waals surface area contributed by atoms with Crippen LogP contribution in [0.25, 0.3) is 23.3 Å². The van der Waals surface area contributed by atoms with Gasteiger partial charge in [-0.1, -0.05) is 18.2 Å². The van der Waals surface area contributed by atoms with Crippen LogP contribution in [-0.2, 0) is 31.0 Å². The van der Waals surface area contributed by atoms with Crippen molar-refractivity contribution in [2.75, 3.05) is 0 Å². The number of benzene rings is 1. The lowest BCUT2D eigenvalue weighted by Crippen LogP contribution is -2.39. The molecular formula is C19H20N4O3. The van der Waals surface area contributed by atoms with Crippen LogP contribution in [0.3, 0.4) is 0 Å². The Balaban J connectivity index is 1.77. The largest absolute Gasteiger partial charge is 0.372 e. The van der Waals surface area contributed by atoms with Gasteiger partial charge >= 0.3 is 5.69 Å². The molecule has 3 heterocycles. The van der Waals surface area contributed by atoms with Crippen LogP contribution in [0.4, 0.5) is 0 Å². The molecule has 0 unspecified atom stereocenters. The zero-order valence-electron chi connectivity index (χ0n) is 14.8. The van der Waals surface area contributed by atoms with Crippen molar-refractivity contribution in [2.45, 2.75) is 40.2 Å². The summed E-state index contributed by atoms with van der Waals surface area (Å²) in [5.41, 5.74) is 3.55. The lowest BCUT2D eigenvalue weighted by atomic mass is 10.1. The maximum atomic E-state index is 12.5. The Hall–Kier alpha value is -2.93. The normalized spacial score (nSPS) is 13.8. The third-order valence-corrected chi connectivity index (χ3v) is 4.69. The highest BCUT2D eigenvalue weighted by atomic mass is 16.5. The number of hydrogen-bond acceptors (Lipinski definition) is 4. The monoisotopic (exact) mass is 352 g/mol. The molecule has 7 nitrogen and oxygen atoms in total. The fraction of sp³-hybridized carbons (Fsp3) is 0.316. The van der Waals surface area contributed by atoms with Crippen LogP contribution in [0.2, 0.25) is 0 Å². The fourth-order valence-electron chi connectivity index (χ4n) is 3.30. The standard InChI is InChI=1S/C19H20N4O3/c1-3-22-17-16(18(24)23(4-2)19(22)25)20-15(21-17)8-6-12-5-7-13-10-26-11-14(13)9-12/h5-9H,3-4,10-11H2,1-2H3,(H,20,21)/b8-6+. The van der Waals surface area contributed by atoms with E-state index in [4.69, 9.17) is 4.74 Å². The number of aromatic nitrogens is 4. The van der Waals surface area contributed by atoms with Gasteiger partial charge in [-0.2, -0.15) is 0 Å². The van der Waals surface area contributed by atoms with Gasteiger partial charge in [0.25, 0.3) is 5.56 Å². The van der Waals surface area contributed by atoms with Gasteiger partial charge in [-0.05, 0) is 42.7 Å². The first-order valence-electron chi connectivity index (χ1n) is 8.73. The second kappa shape index (κ2) is 6.42. The predicted octanol–water partition coefficient (Wildman–Crippen LogP) is 2.13. The molecule has 0 saturated heterocycles. The first-order chi connectivity index (χ1) is 12.6. The van der Waals surface area contributed by atoms with Crippen LogP contribution >= 0.6 is 0 Å². The van der Waals surface area contributed by atoms with E-state index in [1.54, 1.807) is 6.92 Å². The molecule has 0 bridgehead atoms. The Morgan fingerprint density at radius 2 is 1.88 bits per heavy atom. The van der Waals surface area contributed by atoms with Crippen LogP contribution in [-0.4, -0.2) is 19.1 Å². The zero-order valence-corrected chi connectivity index (χ0v) is 14.8. The molecule has 0 aliphatic carbocycles. The number of nitrogens with zero attached hydrogens (tertiary/aromatic N) is 3. The van der Waals surface area contributed by atoms with Gasteiger partial charge in [0.1, 0.15) is 11.3 Å². The number of aromatic amines is 1. The average molecular weight is 352 g/mol. The molecule has 0 saturated carbocycles. The van der Waals surface area contributed by atoms with Gasteiger partial charge in [0.2, 0.25) is 0 Å². The van der Waals surface area contributed by atoms with Crippen LogP contribution in [0.5, 0.6) is 0 Å². The molecule has 1 aromatic carbocycles. The third kappa shape index (κ3) is 2.61. The maximum absolute atomic E-state index is 12.5. The molecule has 0 fully saturated rings. The van der Waals surface area contributed by atoms with Gasteiger partial charge in [0.05, 0.1) is 13.2 Å². The van der Waals surface area contributed by atoms with E-state index in [1.165, 1.54) is 20.3 Å². The molecular weight excluding hydrogens is 332 g/mol. The Morgan fingerprint density at radius 1 is 1.12 bits per heavy atom. The average Bonchev–Trinajstić information content (AvgIpc) is 3.27. The number of H-pyrrole nitrogens is 1. The topological polar surface area (TPSA) is 81.9 Å². The molecule has 2 aromatic heterocycles. The summed E-state index contributed by atoms with van der Waals surface area (Å²) < 4.78 is 8.17. The zero-order chi connectivity index (χ0) is 18.3. The van der Waals surface area contributed by atoms with E-state index < -0.39 is 0 Å². The number of aryl methyl sites for hydroxylation is 1. The third-order valence-electron chi connectivity index (χ3n) is 4.69. The Bertz CT molecular complexity index is 1130. The van der Waals surface area contributed by atoms with E-state index >= 15 is 0 Å². The predicted molar refractivity (Wildman–Crippen MR) is 99.8 cm³/mol. The molecule has 26 heavy (non-hydrogen) atoms. The second-order valence-electron chi connectivity index (χ2n) is 6.25. The van der Waals surface area contributed by atoms with E-state index in [0.717, 1.165) is 5.56 Å². The minimum absolute atomic E-state index is 0.326. The van der Waals surface area contributed by atoms with Gasteiger partial charge in [-0.25, -0.2) is 9.78 Å². The summed E-state index contributed by atoms with van der Waals surface area (Å²) in [6.45, 7) is 5.73. The minimum Gasteiger partial charge on any atom is -0.372 e. The van der Waals surface area contributed by atoms with Gasteiger partial charge in [0, 0.05) is 13.1 Å². The van der Waals surface area contributed by atoms with Crippen molar-refractivity contribution in [1.82, 2.24) is 19.1 Å². The molecule has 1 aliphatic rings. The lowest BCUT2D eigenvalue weighted by molar-refractivity contribution is 0.134. The van der Waals surface area contributed by atoms with Gasteiger partial charge < -0.3 is 9.72 Å². The van der Waals surface area contributed by atoms with Crippen molar-refractivity contribution in [3.05, 3.63) is 61.6 Å². The summed E-state index contributed by atoms with van der Waals surface area (Å²) in [4.78, 5) is 32.4. The van der Waals surface area contributed by atoms with Gasteiger partial charge in [0.15, 0.2) is 5.65 Å². The van der Waals surface area contributed by atoms with Crippen LogP contribution in [0.1, 0.15) is 36.4 Å². The molecule has 0 atom stereocenters. The summed E-state index contributed by atoms with van der Waals surface area (Å²) >= 11 is 0. The van der Waals surface area contributed by atoms with E-state index in [9.17, 15) is 9.59 Å². The number of ether oxygens (including phenoxy) is 1. The molecule has 7 heteroatoms. The molecule has 0 spiro atoms. The number of fused-ring (bicyclic) bond motifs is 2. The van der Waals surface area contributed by atoms with Crippen LogP contribution in [0, 0.1) is 0 Å². The molecule has 0 amide bonds. The highest BCUT2D eigenvalue weighted by molar-refractivity contribution is 5.75. The molecule has 1 aliphatic heterocycles. The van der Waals surface area contributed by atoms with E-state index in [2.05, 4.69) is 22.1 Å². The van der Waals surface area contributed by atoms with Crippen molar-refractivity contribution in [2.24, 2.45) is 0 Å². The minimum atomic E-state index is -0.334. The lowest BCUT2D eigenvalue weighted by Gasteiger charge is -2.06. The number of nitrogens with one attached hydrogen (secondary N) is 1. The number of imidazole rings is 1. The molecule has 0 radical (unpaired) electrons. The maximum Gasteiger partial charge on any atom is 0.332 e. The second-order valence-corrected chi connectivity index (χ2v) is 6.25. The highest BCUT2D eigenvalue weighted by Gasteiger charge is 2.15. The summed E-state index contributed by atoms with van der Waals surface area (Å²) in [7, 11) is 0. The van der Waals surface area contributed by atoms with Gasteiger partial charge in [-0.15, -0.1) is 0 Å². The fourth-order valence-corrected chi connectivity index (χ4v) is 3.30. The number of rotatable bonds is 4.